The van der Waals surface area contributed by atoms with Gasteiger partial charge in [0, 0.05) is 6.07 Å². The van der Waals surface area contributed by atoms with E-state index < -0.39 is 5.97 Å². The van der Waals surface area contributed by atoms with Gasteiger partial charge in [-0.3, -0.25) is 9.48 Å². The number of ether oxygens (including phenoxy) is 1. The van der Waals surface area contributed by atoms with Crippen LogP contribution < -0.4 is 4.74 Å². The van der Waals surface area contributed by atoms with Gasteiger partial charge in [0.25, 0.3) is 0 Å². The molecule has 0 saturated heterocycles. The number of phenolic OH excluding ortho intramolecular Hbond substituents is 1. The number of phenols is 1. The van der Waals surface area contributed by atoms with Crippen molar-refractivity contribution in [2.75, 3.05) is 0 Å². The van der Waals surface area contributed by atoms with Crippen LogP contribution in [-0.4, -0.2) is 26.0 Å². The number of aromatic nitrogens is 2. The highest BCUT2D eigenvalue weighted by Gasteiger charge is 2.04. The summed E-state index contributed by atoms with van der Waals surface area (Å²) in [7, 11) is 0. The largest absolute Gasteiger partial charge is 0.508 e. The second-order valence-electron chi connectivity index (χ2n) is 3.37. The molecule has 0 aliphatic rings. The molecule has 17 heavy (non-hydrogen) atoms. The Labute approximate surface area is 96.7 Å². The van der Waals surface area contributed by atoms with Gasteiger partial charge in [0.15, 0.2) is 5.75 Å². The zero-order valence-corrected chi connectivity index (χ0v) is 8.78. The molecule has 0 atom stereocenters. The maximum atomic E-state index is 10.4. The molecule has 0 amide bonds. The van der Waals surface area contributed by atoms with E-state index in [0.29, 0.717) is 11.5 Å². The smallest absolute Gasteiger partial charge is 0.325 e. The van der Waals surface area contributed by atoms with E-state index in [-0.39, 0.29) is 12.3 Å². The highest BCUT2D eigenvalue weighted by Crippen LogP contribution is 2.23. The van der Waals surface area contributed by atoms with Crippen LogP contribution in [0.25, 0.3) is 0 Å². The van der Waals surface area contributed by atoms with Gasteiger partial charge in [-0.1, -0.05) is 6.07 Å². The molecule has 0 fully saturated rings. The number of aliphatic carboxylic acids is 1. The Hall–Kier alpha value is -2.50. The first kappa shape index (κ1) is 11.0. The lowest BCUT2D eigenvalue weighted by Gasteiger charge is -2.02. The molecule has 2 rings (SSSR count). The van der Waals surface area contributed by atoms with E-state index in [0.717, 1.165) is 0 Å². The third kappa shape index (κ3) is 2.97. The Balaban J connectivity index is 2.08. The molecule has 0 radical (unpaired) electrons. The molecule has 2 N–H and O–H groups in total. The zero-order valence-electron chi connectivity index (χ0n) is 8.78. The fourth-order valence-electron chi connectivity index (χ4n) is 1.31. The summed E-state index contributed by atoms with van der Waals surface area (Å²) in [6.07, 6.45) is 2.88. The summed E-state index contributed by atoms with van der Waals surface area (Å²) in [6.45, 7) is -0.219. The summed E-state index contributed by atoms with van der Waals surface area (Å²) < 4.78 is 6.64. The van der Waals surface area contributed by atoms with Crippen LogP contribution in [0.15, 0.2) is 36.7 Å². The standard InChI is InChI=1S/C11H10N2O4/c14-8-2-1-3-9(4-8)17-10-5-12-13(6-10)7-11(15)16/h1-6,14H,7H2,(H,15,16). The van der Waals surface area contributed by atoms with Crippen LogP contribution in [0.1, 0.15) is 0 Å². The van der Waals surface area contributed by atoms with Crippen molar-refractivity contribution >= 4 is 5.97 Å². The van der Waals surface area contributed by atoms with Crippen molar-refractivity contribution in [2.45, 2.75) is 6.54 Å². The molecule has 0 unspecified atom stereocenters. The number of aromatic hydroxyl groups is 1. The Kier molecular flexibility index (Phi) is 2.95. The molecule has 0 spiro atoms. The van der Waals surface area contributed by atoms with E-state index in [1.54, 1.807) is 12.1 Å². The maximum Gasteiger partial charge on any atom is 0.325 e. The molecule has 88 valence electrons. The molecule has 6 nitrogen and oxygen atoms in total. The van der Waals surface area contributed by atoms with Crippen LogP contribution in [0.2, 0.25) is 0 Å². The third-order valence-corrected chi connectivity index (χ3v) is 1.96. The van der Waals surface area contributed by atoms with Gasteiger partial charge in [0.2, 0.25) is 0 Å². The Morgan fingerprint density at radius 2 is 2.24 bits per heavy atom. The average Bonchev–Trinajstić information content (AvgIpc) is 2.64. The minimum absolute atomic E-state index is 0.0976. The monoisotopic (exact) mass is 234 g/mol. The molecule has 1 heterocycles. The van der Waals surface area contributed by atoms with Crippen molar-refractivity contribution in [2.24, 2.45) is 0 Å². The van der Waals surface area contributed by atoms with E-state index in [1.165, 1.54) is 29.2 Å². The van der Waals surface area contributed by atoms with Crippen LogP contribution in [0, 0.1) is 0 Å². The normalized spacial score (nSPS) is 10.1. The SMILES string of the molecule is O=C(O)Cn1cc(Oc2cccc(O)c2)cn1. The Morgan fingerprint density at radius 1 is 1.41 bits per heavy atom. The van der Waals surface area contributed by atoms with Gasteiger partial charge < -0.3 is 14.9 Å². The molecular weight excluding hydrogens is 224 g/mol. The first-order valence-corrected chi connectivity index (χ1v) is 4.84. The lowest BCUT2D eigenvalue weighted by molar-refractivity contribution is -0.137. The predicted octanol–water partition coefficient (Wildman–Crippen LogP) is 1.47. The summed E-state index contributed by atoms with van der Waals surface area (Å²) in [4.78, 5) is 10.4. The molecule has 0 aliphatic carbocycles. The second kappa shape index (κ2) is 4.56. The van der Waals surface area contributed by atoms with Gasteiger partial charge in [0.05, 0.1) is 12.4 Å². The lowest BCUT2D eigenvalue weighted by atomic mass is 10.3. The molecule has 2 aromatic rings. The number of benzene rings is 1. The van der Waals surface area contributed by atoms with E-state index >= 15 is 0 Å². The van der Waals surface area contributed by atoms with Crippen molar-refractivity contribution in [3.63, 3.8) is 0 Å². The highest BCUT2D eigenvalue weighted by molar-refractivity contribution is 5.66. The topological polar surface area (TPSA) is 84.6 Å². The lowest BCUT2D eigenvalue weighted by Crippen LogP contribution is -2.08. The molecule has 0 saturated carbocycles. The van der Waals surface area contributed by atoms with Crippen LogP contribution in [-0.2, 0) is 11.3 Å². The van der Waals surface area contributed by atoms with Gasteiger partial charge in [-0.2, -0.15) is 5.10 Å². The molecule has 6 heteroatoms. The summed E-state index contributed by atoms with van der Waals surface area (Å²) in [6, 6.07) is 6.30. The summed E-state index contributed by atoms with van der Waals surface area (Å²) in [5.74, 6) is -0.00541. The van der Waals surface area contributed by atoms with Gasteiger partial charge in [-0.25, -0.2) is 0 Å². The van der Waals surface area contributed by atoms with Crippen LogP contribution in [0.5, 0.6) is 17.2 Å². The average molecular weight is 234 g/mol. The number of carbonyl (C=O) groups is 1. The van der Waals surface area contributed by atoms with E-state index in [2.05, 4.69) is 5.10 Å². The Morgan fingerprint density at radius 3 is 2.94 bits per heavy atom. The van der Waals surface area contributed by atoms with E-state index in [9.17, 15) is 9.90 Å². The first-order chi connectivity index (χ1) is 8.13. The fourth-order valence-corrected chi connectivity index (χ4v) is 1.31. The van der Waals surface area contributed by atoms with Crippen molar-refractivity contribution in [1.82, 2.24) is 9.78 Å². The van der Waals surface area contributed by atoms with Crippen molar-refractivity contribution in [1.29, 1.82) is 0 Å². The van der Waals surface area contributed by atoms with E-state index in [4.69, 9.17) is 9.84 Å². The quantitative estimate of drug-likeness (QED) is 0.836. The van der Waals surface area contributed by atoms with Gasteiger partial charge in [-0.15, -0.1) is 0 Å². The Bertz CT molecular complexity index is 536. The number of carboxylic acids is 1. The number of carboxylic acid groups (broad SMARTS) is 1. The summed E-state index contributed by atoms with van der Waals surface area (Å²) in [5.41, 5.74) is 0. The fraction of sp³-hybridized carbons (Fsp3) is 0.0909. The van der Waals surface area contributed by atoms with Crippen molar-refractivity contribution in [3.05, 3.63) is 36.7 Å². The van der Waals surface area contributed by atoms with Crippen LogP contribution in [0.3, 0.4) is 0 Å². The highest BCUT2D eigenvalue weighted by atomic mass is 16.5. The summed E-state index contributed by atoms with van der Waals surface area (Å²) in [5, 5.41) is 21.6. The van der Waals surface area contributed by atoms with Crippen molar-refractivity contribution in [3.8, 4) is 17.2 Å². The second-order valence-corrected chi connectivity index (χ2v) is 3.37. The van der Waals surface area contributed by atoms with E-state index in [1.807, 2.05) is 0 Å². The van der Waals surface area contributed by atoms with Gasteiger partial charge in [0.1, 0.15) is 18.0 Å². The molecule has 1 aromatic carbocycles. The van der Waals surface area contributed by atoms with Gasteiger partial charge in [-0.05, 0) is 12.1 Å². The molecule has 0 aliphatic heterocycles. The van der Waals surface area contributed by atoms with Crippen LogP contribution in [0.4, 0.5) is 0 Å². The predicted molar refractivity (Wildman–Crippen MR) is 58.0 cm³/mol. The van der Waals surface area contributed by atoms with Crippen molar-refractivity contribution < 1.29 is 19.7 Å². The third-order valence-electron chi connectivity index (χ3n) is 1.96. The zero-order chi connectivity index (χ0) is 12.3. The minimum Gasteiger partial charge on any atom is -0.508 e. The number of hydrogen-bond acceptors (Lipinski definition) is 4. The molecule has 1 aromatic heterocycles. The number of hydrogen-bond donors (Lipinski definition) is 2. The minimum atomic E-state index is -0.975. The van der Waals surface area contributed by atoms with Gasteiger partial charge >= 0.3 is 5.97 Å². The number of rotatable bonds is 4. The number of nitrogens with zero attached hydrogens (tertiary/aromatic N) is 2. The first-order valence-electron chi connectivity index (χ1n) is 4.84. The van der Waals surface area contributed by atoms with Crippen LogP contribution >= 0.6 is 0 Å². The molecule has 0 bridgehead atoms. The summed E-state index contributed by atoms with van der Waals surface area (Å²) >= 11 is 0. The maximum absolute atomic E-state index is 10.4. The molecular formula is C11H10N2O4.